The van der Waals surface area contributed by atoms with Crippen LogP contribution in [0.15, 0.2) is 0 Å². The molecule has 0 radical (unpaired) electrons. The van der Waals surface area contributed by atoms with Crippen LogP contribution in [0.5, 0.6) is 0 Å². The Labute approximate surface area is 234 Å². The van der Waals surface area contributed by atoms with Crippen LogP contribution in [0.3, 0.4) is 0 Å². The Bertz CT molecular complexity index is 686. The molecule has 0 aliphatic rings. The van der Waals surface area contributed by atoms with Crippen molar-refractivity contribution in [3.05, 3.63) is 5.41 Å². The van der Waals surface area contributed by atoms with E-state index in [0.29, 0.717) is 0 Å². The molecular formula is C11H26N5NaO14S4. The van der Waals surface area contributed by atoms with Crippen LogP contribution in [-0.2, 0) is 50.8 Å². The number of rotatable bonds is 11. The van der Waals surface area contributed by atoms with Gasteiger partial charge < -0.3 is 47.2 Å². The van der Waals surface area contributed by atoms with Crippen molar-refractivity contribution < 1.29 is 95.8 Å². The molecule has 0 bridgehead atoms. The van der Waals surface area contributed by atoms with Crippen molar-refractivity contribution in [2.45, 2.75) is 0 Å². The Morgan fingerprint density at radius 2 is 0.943 bits per heavy atom. The average molecular weight is 604 g/mol. The molecule has 0 saturated heterocycles. The summed E-state index contributed by atoms with van der Waals surface area (Å²) in [6, 6.07) is 0. The van der Waals surface area contributed by atoms with Crippen LogP contribution >= 0.6 is 12.2 Å². The van der Waals surface area contributed by atoms with Gasteiger partial charge in [-0.2, -0.15) is 9.37 Å². The molecule has 0 amide bonds. The SMILES string of the molecule is O=C(O)CN(CCN(CC(=O)O)CC(=O)O)CC(=O)O.O=S(O)(O)=S.O=S([O-])[O-].[N-]=C=S.[NH4+].[NH4+].[Na+]. The fourth-order valence-electron chi connectivity index (χ4n) is 1.48. The van der Waals surface area contributed by atoms with Crippen molar-refractivity contribution in [1.29, 1.82) is 0 Å². The third-order valence-electron chi connectivity index (χ3n) is 2.17. The zero-order valence-corrected chi connectivity index (χ0v) is 23.9. The van der Waals surface area contributed by atoms with Crippen molar-refractivity contribution in [3.63, 3.8) is 0 Å². The van der Waals surface area contributed by atoms with Gasteiger partial charge in [-0.25, -0.2) is 0 Å². The van der Waals surface area contributed by atoms with Crippen LogP contribution < -0.4 is 41.9 Å². The second-order valence-corrected chi connectivity index (χ2v) is 7.53. The molecule has 0 rings (SSSR count). The fourth-order valence-corrected chi connectivity index (χ4v) is 1.48. The molecule has 35 heavy (non-hydrogen) atoms. The minimum atomic E-state index is -3.83. The maximum absolute atomic E-state index is 10.6. The minimum absolute atomic E-state index is 0. The second kappa shape index (κ2) is 30.9. The molecule has 204 valence electrons. The average Bonchev–Trinajstić information content (AvgIpc) is 2.48. The van der Waals surface area contributed by atoms with Gasteiger partial charge in [0.05, 0.1) is 26.2 Å². The van der Waals surface area contributed by atoms with Crippen molar-refractivity contribution in [2.24, 2.45) is 0 Å². The van der Waals surface area contributed by atoms with Gasteiger partial charge in [0.25, 0.3) is 9.05 Å². The molecule has 14 N–H and O–H groups in total. The standard InChI is InChI=1S/C10H16N2O8.CNS.2H3N.Na.H2O3S2.H2O3S/c13-7(14)3-11(4-8(15)16)1-2-12(5-9(17)18)6-10(19)20;2-1-3;;;;1-5(2,3)4;1-4(2)3/h1-6H2,(H,13,14)(H,15,16)(H,17,18)(H,19,20);;2*1H3;;(H2,1,2,3,4);(H2,1,2,3)/q;-1;;;+1;;. The van der Waals surface area contributed by atoms with Gasteiger partial charge in [0, 0.05) is 24.3 Å². The molecule has 0 aliphatic carbocycles. The first-order valence-electron chi connectivity index (χ1n) is 7.15. The smallest absolute Gasteiger partial charge is 0.784 e. The second-order valence-electron chi connectivity index (χ2n) is 4.74. The van der Waals surface area contributed by atoms with Crippen molar-refractivity contribution in [2.75, 3.05) is 39.3 Å². The zero-order chi connectivity index (χ0) is 26.5. The van der Waals surface area contributed by atoms with Gasteiger partial charge in [0.15, 0.2) is 0 Å². The summed E-state index contributed by atoms with van der Waals surface area (Å²) in [6.07, 6.45) is 0. The Hall–Kier alpha value is -1.12. The van der Waals surface area contributed by atoms with Crippen molar-refractivity contribution >= 4 is 72.9 Å². The molecule has 0 aromatic carbocycles. The first kappa shape index (κ1) is 50.7. The van der Waals surface area contributed by atoms with E-state index in [1.165, 1.54) is 5.16 Å². The van der Waals surface area contributed by atoms with Gasteiger partial charge in [-0.15, -0.1) is 11.4 Å². The van der Waals surface area contributed by atoms with Crippen LogP contribution in [0.4, 0.5) is 0 Å². The normalized spacial score (nSPS) is 9.00. The first-order valence-corrected chi connectivity index (χ1v) is 11.0. The maximum atomic E-state index is 10.6. The molecule has 0 saturated carbocycles. The van der Waals surface area contributed by atoms with E-state index in [-0.39, 0.29) is 54.9 Å². The van der Waals surface area contributed by atoms with E-state index in [4.69, 9.17) is 52.5 Å². The van der Waals surface area contributed by atoms with Crippen LogP contribution in [0, 0.1) is 0 Å². The first-order chi connectivity index (χ1) is 14.3. The minimum Gasteiger partial charge on any atom is -0.784 e. The van der Waals surface area contributed by atoms with Gasteiger partial charge in [0.1, 0.15) is 0 Å². The van der Waals surface area contributed by atoms with Crippen LogP contribution in [0.1, 0.15) is 0 Å². The number of aliphatic carboxylic acids is 4. The summed E-state index contributed by atoms with van der Waals surface area (Å²) < 4.78 is 49.3. The zero-order valence-electron chi connectivity index (χ0n) is 18.7. The van der Waals surface area contributed by atoms with E-state index in [9.17, 15) is 19.2 Å². The molecule has 0 aliphatic heterocycles. The number of carboxylic acids is 4. The van der Waals surface area contributed by atoms with E-state index in [1.807, 2.05) is 0 Å². The summed E-state index contributed by atoms with van der Waals surface area (Å²) >= 11 is 4.05. The number of carboxylic acid groups (broad SMARTS) is 4. The summed E-state index contributed by atoms with van der Waals surface area (Å²) in [5, 5.41) is 42.9. The largest absolute Gasteiger partial charge is 1.00 e. The monoisotopic (exact) mass is 603 g/mol. The fraction of sp³-hybridized carbons (Fsp3) is 0.545. The quantitative estimate of drug-likeness (QED) is 0.0474. The van der Waals surface area contributed by atoms with Gasteiger partial charge in [-0.3, -0.25) is 42.3 Å². The third-order valence-corrected chi connectivity index (χ3v) is 2.17. The summed E-state index contributed by atoms with van der Waals surface area (Å²) in [7, 11) is -3.83. The van der Waals surface area contributed by atoms with E-state index >= 15 is 0 Å². The van der Waals surface area contributed by atoms with Crippen LogP contribution in [0.25, 0.3) is 5.41 Å². The van der Waals surface area contributed by atoms with E-state index in [0.717, 1.165) is 9.80 Å². The Balaban J connectivity index is -0.0000000873. The molecular weight excluding hydrogens is 577 g/mol. The summed E-state index contributed by atoms with van der Waals surface area (Å²) in [5.74, 6) is -4.91. The van der Waals surface area contributed by atoms with E-state index in [1.54, 1.807) is 0 Å². The molecule has 0 fully saturated rings. The van der Waals surface area contributed by atoms with Crippen LogP contribution in [-0.4, -0.2) is 125 Å². The molecule has 19 nitrogen and oxygen atoms in total. The molecule has 0 unspecified atom stereocenters. The topological polar surface area (TPSA) is 372 Å². The molecule has 0 atom stereocenters. The third kappa shape index (κ3) is 79.3. The Morgan fingerprint density at radius 3 is 1.03 bits per heavy atom. The summed E-state index contributed by atoms with van der Waals surface area (Å²) in [4.78, 5) is 44.4. The number of hydrogen-bond acceptors (Lipinski definition) is 12. The maximum Gasteiger partial charge on any atom is 1.00 e. The number of hydrogen-bond donors (Lipinski definition) is 8. The van der Waals surface area contributed by atoms with E-state index < -0.39 is 70.5 Å². The van der Waals surface area contributed by atoms with Crippen LogP contribution in [0.2, 0.25) is 0 Å². The number of nitrogens with zero attached hydrogens (tertiary/aromatic N) is 3. The molecule has 0 heterocycles. The molecule has 0 aromatic heterocycles. The van der Waals surface area contributed by atoms with Gasteiger partial charge in [-0.05, 0) is 0 Å². The van der Waals surface area contributed by atoms with Crippen molar-refractivity contribution in [3.8, 4) is 0 Å². The Kier molecular flexibility index (Phi) is 44.8. The van der Waals surface area contributed by atoms with Gasteiger partial charge in [-0.1, -0.05) is 12.2 Å². The van der Waals surface area contributed by atoms with Gasteiger partial charge in [0.2, 0.25) is 0 Å². The number of carbonyl (C=O) groups is 4. The number of quaternary nitrogens is 2. The van der Waals surface area contributed by atoms with Gasteiger partial charge >= 0.3 is 53.4 Å². The number of thiocarbonyl (C=S) groups is 1. The summed E-state index contributed by atoms with van der Waals surface area (Å²) in [5.41, 5.74) is 0. The van der Waals surface area contributed by atoms with Crippen molar-refractivity contribution in [1.82, 2.24) is 22.1 Å². The predicted molar refractivity (Wildman–Crippen MR) is 122 cm³/mol. The summed E-state index contributed by atoms with van der Waals surface area (Å²) in [6.45, 7) is -2.25. The molecule has 24 heteroatoms. The Morgan fingerprint density at radius 1 is 0.829 bits per heavy atom. The predicted octanol–water partition coefficient (Wildman–Crippen LogP) is -4.98. The molecule has 0 spiro atoms. The molecule has 0 aromatic rings. The van der Waals surface area contributed by atoms with E-state index in [2.05, 4.69) is 23.4 Å². The number of isothiocyanates is 1.